The molecule has 28 heavy (non-hydrogen) atoms. The second-order valence-electron chi connectivity index (χ2n) is 6.64. The number of imidazole rings is 1. The van der Waals surface area contributed by atoms with Crippen LogP contribution in [0.15, 0.2) is 24.7 Å². The standard InChI is InChI=1S/C21H23N3O4/c1-5-28-21(25)19-18(15-10-22-11-23-15)12(2)24-7-6-13-8-16(26-3)17(27-4)9-14(13)20(19)24/h8-11H,5-7H2,1-4H3,(H,22,23). The number of aromatic nitrogens is 3. The number of nitrogens with one attached hydrogen (secondary N) is 1. The summed E-state index contributed by atoms with van der Waals surface area (Å²) in [5, 5.41) is 0. The minimum Gasteiger partial charge on any atom is -0.493 e. The van der Waals surface area contributed by atoms with E-state index in [0.717, 1.165) is 46.7 Å². The number of carbonyl (C=O) groups is 1. The normalized spacial score (nSPS) is 12.3. The van der Waals surface area contributed by atoms with E-state index in [2.05, 4.69) is 14.5 Å². The number of H-pyrrole nitrogens is 1. The highest BCUT2D eigenvalue weighted by molar-refractivity contribution is 6.05. The molecule has 0 saturated heterocycles. The summed E-state index contributed by atoms with van der Waals surface area (Å²) >= 11 is 0. The van der Waals surface area contributed by atoms with Crippen LogP contribution in [-0.2, 0) is 17.7 Å². The molecule has 3 aromatic rings. The minimum atomic E-state index is -0.341. The Bertz CT molecular complexity index is 1030. The molecule has 0 spiro atoms. The molecule has 2 aromatic heterocycles. The summed E-state index contributed by atoms with van der Waals surface area (Å²) in [5.41, 5.74) is 6.10. The molecule has 0 aliphatic carbocycles. The second-order valence-corrected chi connectivity index (χ2v) is 6.64. The van der Waals surface area contributed by atoms with Gasteiger partial charge in [-0.1, -0.05) is 0 Å². The molecule has 0 radical (unpaired) electrons. The van der Waals surface area contributed by atoms with E-state index >= 15 is 0 Å². The number of nitrogens with zero attached hydrogens (tertiary/aromatic N) is 2. The van der Waals surface area contributed by atoms with Crippen LogP contribution in [0.25, 0.3) is 22.5 Å². The Balaban J connectivity index is 2.03. The van der Waals surface area contributed by atoms with Crippen molar-refractivity contribution in [3.05, 3.63) is 41.5 Å². The average molecular weight is 381 g/mol. The molecule has 1 aromatic carbocycles. The second kappa shape index (κ2) is 7.07. The number of carbonyl (C=O) groups excluding carboxylic acids is 1. The number of esters is 1. The van der Waals surface area contributed by atoms with Gasteiger partial charge in [0.25, 0.3) is 0 Å². The van der Waals surface area contributed by atoms with Crippen molar-refractivity contribution in [2.75, 3.05) is 20.8 Å². The first-order valence-electron chi connectivity index (χ1n) is 9.24. The maximum atomic E-state index is 13.0. The first-order chi connectivity index (χ1) is 13.6. The number of fused-ring (bicyclic) bond motifs is 3. The average Bonchev–Trinajstić information content (AvgIpc) is 3.33. The Labute approximate surface area is 163 Å². The van der Waals surface area contributed by atoms with Gasteiger partial charge in [0.05, 0.1) is 50.3 Å². The van der Waals surface area contributed by atoms with Crippen molar-refractivity contribution in [3.63, 3.8) is 0 Å². The van der Waals surface area contributed by atoms with E-state index in [-0.39, 0.29) is 5.97 Å². The van der Waals surface area contributed by atoms with Crippen LogP contribution in [0, 0.1) is 6.92 Å². The lowest BCUT2D eigenvalue weighted by Gasteiger charge is -2.23. The van der Waals surface area contributed by atoms with Gasteiger partial charge in [0.1, 0.15) is 0 Å². The summed E-state index contributed by atoms with van der Waals surface area (Å²) in [6.07, 6.45) is 4.18. The zero-order valence-corrected chi connectivity index (χ0v) is 16.5. The van der Waals surface area contributed by atoms with Gasteiger partial charge >= 0.3 is 5.97 Å². The van der Waals surface area contributed by atoms with E-state index < -0.39 is 0 Å². The highest BCUT2D eigenvalue weighted by Crippen LogP contribution is 2.44. The molecule has 1 aliphatic heterocycles. The zero-order valence-electron chi connectivity index (χ0n) is 16.5. The molecule has 0 atom stereocenters. The summed E-state index contributed by atoms with van der Waals surface area (Å²) in [6, 6.07) is 3.93. The van der Waals surface area contributed by atoms with Gasteiger partial charge in [-0.05, 0) is 38.0 Å². The number of hydrogen-bond donors (Lipinski definition) is 1. The largest absolute Gasteiger partial charge is 0.493 e. The molecule has 0 amide bonds. The maximum absolute atomic E-state index is 13.0. The molecular formula is C21H23N3O4. The summed E-state index contributed by atoms with van der Waals surface area (Å²) in [6.45, 7) is 4.91. The summed E-state index contributed by atoms with van der Waals surface area (Å²) in [5.74, 6) is 0.975. The molecule has 7 nitrogen and oxygen atoms in total. The van der Waals surface area contributed by atoms with E-state index in [1.165, 1.54) is 0 Å². The van der Waals surface area contributed by atoms with Crippen LogP contribution >= 0.6 is 0 Å². The van der Waals surface area contributed by atoms with Crippen molar-refractivity contribution >= 4 is 5.97 Å². The predicted octanol–water partition coefficient (Wildman–Crippen LogP) is 3.60. The summed E-state index contributed by atoms with van der Waals surface area (Å²) in [7, 11) is 3.24. The summed E-state index contributed by atoms with van der Waals surface area (Å²) < 4.78 is 18.6. The Morgan fingerprint density at radius 3 is 2.64 bits per heavy atom. The molecule has 7 heteroatoms. The lowest BCUT2D eigenvalue weighted by atomic mass is 9.94. The molecule has 1 aliphatic rings. The maximum Gasteiger partial charge on any atom is 0.341 e. The molecule has 0 bridgehead atoms. The van der Waals surface area contributed by atoms with E-state index in [1.807, 2.05) is 26.0 Å². The molecule has 0 saturated carbocycles. The van der Waals surface area contributed by atoms with Gasteiger partial charge in [-0.25, -0.2) is 9.78 Å². The Morgan fingerprint density at radius 2 is 2.00 bits per heavy atom. The van der Waals surface area contributed by atoms with Crippen molar-refractivity contribution in [2.45, 2.75) is 26.8 Å². The van der Waals surface area contributed by atoms with Gasteiger partial charge in [0.15, 0.2) is 11.5 Å². The zero-order chi connectivity index (χ0) is 19.8. The molecular weight excluding hydrogens is 358 g/mol. The lowest BCUT2D eigenvalue weighted by Crippen LogP contribution is -2.15. The van der Waals surface area contributed by atoms with Crippen LogP contribution in [0.1, 0.15) is 28.5 Å². The van der Waals surface area contributed by atoms with E-state index in [1.54, 1.807) is 26.7 Å². The van der Waals surface area contributed by atoms with Crippen LogP contribution in [0.2, 0.25) is 0 Å². The number of ether oxygens (including phenoxy) is 3. The molecule has 0 fully saturated rings. The third kappa shape index (κ3) is 2.66. The van der Waals surface area contributed by atoms with Gasteiger partial charge in [-0.15, -0.1) is 0 Å². The third-order valence-corrected chi connectivity index (χ3v) is 5.24. The third-order valence-electron chi connectivity index (χ3n) is 5.24. The fourth-order valence-electron chi connectivity index (χ4n) is 4.00. The highest BCUT2D eigenvalue weighted by Gasteiger charge is 2.32. The quantitative estimate of drug-likeness (QED) is 0.683. The fraction of sp³-hybridized carbons (Fsp3) is 0.333. The van der Waals surface area contributed by atoms with Gasteiger partial charge in [-0.3, -0.25) is 0 Å². The van der Waals surface area contributed by atoms with Crippen LogP contribution < -0.4 is 9.47 Å². The van der Waals surface area contributed by atoms with Gasteiger partial charge in [0.2, 0.25) is 0 Å². The SMILES string of the molecule is CCOC(=O)c1c(-c2cnc[nH]2)c(C)n2c1-c1cc(OC)c(OC)cc1CC2. The number of methoxy groups -OCH3 is 2. The molecule has 146 valence electrons. The van der Waals surface area contributed by atoms with Crippen molar-refractivity contribution in [3.8, 4) is 34.0 Å². The van der Waals surface area contributed by atoms with Gasteiger partial charge in [0, 0.05) is 23.4 Å². The van der Waals surface area contributed by atoms with E-state index in [0.29, 0.717) is 23.7 Å². The van der Waals surface area contributed by atoms with E-state index in [9.17, 15) is 4.79 Å². The number of hydrogen-bond acceptors (Lipinski definition) is 5. The van der Waals surface area contributed by atoms with Crippen molar-refractivity contribution in [1.82, 2.24) is 14.5 Å². The molecule has 4 rings (SSSR count). The van der Waals surface area contributed by atoms with E-state index in [4.69, 9.17) is 14.2 Å². The van der Waals surface area contributed by atoms with Crippen LogP contribution in [0.4, 0.5) is 0 Å². The Kier molecular flexibility index (Phi) is 4.58. The number of benzene rings is 1. The Morgan fingerprint density at radius 1 is 1.25 bits per heavy atom. The number of rotatable bonds is 5. The lowest BCUT2D eigenvalue weighted by molar-refractivity contribution is 0.0528. The smallest absolute Gasteiger partial charge is 0.341 e. The highest BCUT2D eigenvalue weighted by atomic mass is 16.5. The number of aromatic amines is 1. The molecule has 0 unspecified atom stereocenters. The van der Waals surface area contributed by atoms with Crippen LogP contribution in [-0.4, -0.2) is 41.3 Å². The van der Waals surface area contributed by atoms with Crippen LogP contribution in [0.3, 0.4) is 0 Å². The monoisotopic (exact) mass is 381 g/mol. The first-order valence-corrected chi connectivity index (χ1v) is 9.24. The van der Waals surface area contributed by atoms with Gasteiger partial charge in [-0.2, -0.15) is 0 Å². The fourth-order valence-corrected chi connectivity index (χ4v) is 4.00. The van der Waals surface area contributed by atoms with Crippen molar-refractivity contribution in [2.24, 2.45) is 0 Å². The predicted molar refractivity (Wildman–Crippen MR) is 105 cm³/mol. The molecule has 3 heterocycles. The number of aryl methyl sites for hydroxylation is 1. The van der Waals surface area contributed by atoms with Crippen molar-refractivity contribution in [1.29, 1.82) is 0 Å². The van der Waals surface area contributed by atoms with Crippen molar-refractivity contribution < 1.29 is 19.0 Å². The topological polar surface area (TPSA) is 78.4 Å². The molecule has 1 N–H and O–H groups in total. The van der Waals surface area contributed by atoms with Crippen LogP contribution in [0.5, 0.6) is 11.5 Å². The Hall–Kier alpha value is -3.22. The minimum absolute atomic E-state index is 0.309. The van der Waals surface area contributed by atoms with Gasteiger partial charge < -0.3 is 23.8 Å². The first kappa shape index (κ1) is 18.2. The summed E-state index contributed by atoms with van der Waals surface area (Å²) in [4.78, 5) is 20.3.